The first-order chi connectivity index (χ1) is 21.1. The third-order valence-electron chi connectivity index (χ3n) is 6.72. The molecule has 5 aromatic rings. The molecule has 0 saturated carbocycles. The van der Waals surface area contributed by atoms with Gasteiger partial charge in [-0.3, -0.25) is 15.2 Å². The number of nitrogens with zero attached hydrogens (tertiary/aromatic N) is 3. The van der Waals surface area contributed by atoms with Gasteiger partial charge in [0.2, 0.25) is 5.43 Å². The predicted octanol–water partition coefficient (Wildman–Crippen LogP) is 7.09. The van der Waals surface area contributed by atoms with Crippen LogP contribution in [0.1, 0.15) is 49.4 Å². The molecule has 0 aliphatic rings. The number of ether oxygens (including phenoxy) is 1. The fourth-order valence-electron chi connectivity index (χ4n) is 4.83. The van der Waals surface area contributed by atoms with Crippen LogP contribution in [-0.4, -0.2) is 35.0 Å². The van der Waals surface area contributed by atoms with Crippen LogP contribution < -0.4 is 15.5 Å². The largest absolute Gasteiger partial charge is 0.488 e. The van der Waals surface area contributed by atoms with Gasteiger partial charge in [-0.05, 0) is 68.8 Å². The summed E-state index contributed by atoms with van der Waals surface area (Å²) in [5, 5.41) is 11.9. The number of aromatic nitrogens is 2. The molecular formula is C33H28F3N5O3. The lowest BCUT2D eigenvalue weighted by Crippen LogP contribution is -2.19. The maximum absolute atomic E-state index is 14.9. The van der Waals surface area contributed by atoms with Gasteiger partial charge in [-0.15, -0.1) is 0 Å². The second kappa shape index (κ2) is 12.5. The van der Waals surface area contributed by atoms with E-state index in [4.69, 9.17) is 14.6 Å². The molecule has 0 radical (unpaired) electrons. The zero-order valence-corrected chi connectivity index (χ0v) is 24.3. The van der Waals surface area contributed by atoms with E-state index < -0.39 is 28.9 Å². The van der Waals surface area contributed by atoms with Crippen molar-refractivity contribution in [2.24, 2.45) is 4.99 Å². The number of hydrogen-bond acceptors (Lipinski definition) is 8. The zero-order chi connectivity index (χ0) is 31.5. The average molecular weight is 600 g/mol. The second-order valence-corrected chi connectivity index (χ2v) is 10.2. The van der Waals surface area contributed by atoms with E-state index in [2.05, 4.69) is 20.3 Å². The Balaban J connectivity index is 1.64. The summed E-state index contributed by atoms with van der Waals surface area (Å²) in [6, 6.07) is 12.8. The summed E-state index contributed by atoms with van der Waals surface area (Å²) in [5.41, 5.74) is 0.0771. The summed E-state index contributed by atoms with van der Waals surface area (Å²) in [5.74, 6) is -1.71. The van der Waals surface area contributed by atoms with E-state index in [0.717, 1.165) is 12.1 Å². The summed E-state index contributed by atoms with van der Waals surface area (Å²) < 4.78 is 55.6. The van der Waals surface area contributed by atoms with Crippen LogP contribution in [0, 0.1) is 22.9 Å². The number of fused-ring (bicyclic) bond motifs is 1. The number of anilines is 1. The molecule has 2 N–H and O–H groups in total. The third kappa shape index (κ3) is 5.94. The van der Waals surface area contributed by atoms with E-state index in [9.17, 15) is 18.0 Å². The molecule has 0 aliphatic carbocycles. The Labute approximate surface area is 250 Å². The van der Waals surface area contributed by atoms with Gasteiger partial charge >= 0.3 is 0 Å². The summed E-state index contributed by atoms with van der Waals surface area (Å²) in [6.45, 7) is 5.23. The van der Waals surface area contributed by atoms with Crippen LogP contribution in [0.15, 0.2) is 81.2 Å². The van der Waals surface area contributed by atoms with Crippen molar-refractivity contribution >= 4 is 28.7 Å². The van der Waals surface area contributed by atoms with Gasteiger partial charge in [0, 0.05) is 18.8 Å². The first-order valence-electron chi connectivity index (χ1n) is 13.7. The van der Waals surface area contributed by atoms with Gasteiger partial charge in [-0.2, -0.15) is 0 Å². The highest BCUT2D eigenvalue weighted by atomic mass is 19.1. The van der Waals surface area contributed by atoms with Crippen LogP contribution in [0.5, 0.6) is 5.75 Å². The SMILES string of the molecule is CN=Cc1ncnc(NC(C)c2oc3cccc(F)c3c(=O)c2-c2cccc(F)c2)c1C(=N)c1ccc(OC(C)C)c(F)c1. The highest BCUT2D eigenvalue weighted by Gasteiger charge is 2.26. The highest BCUT2D eigenvalue weighted by Crippen LogP contribution is 2.33. The van der Waals surface area contributed by atoms with Gasteiger partial charge < -0.3 is 14.5 Å². The Kier molecular flexibility index (Phi) is 8.57. The van der Waals surface area contributed by atoms with Crippen LogP contribution in [0.25, 0.3) is 22.1 Å². The molecule has 0 amide bonds. The molecule has 8 nitrogen and oxygen atoms in total. The molecule has 1 atom stereocenters. The van der Waals surface area contributed by atoms with Crippen molar-refractivity contribution in [1.29, 1.82) is 5.41 Å². The smallest absolute Gasteiger partial charge is 0.203 e. The van der Waals surface area contributed by atoms with E-state index >= 15 is 0 Å². The van der Waals surface area contributed by atoms with Gasteiger partial charge in [0.15, 0.2) is 11.6 Å². The fraction of sp³-hybridized carbons (Fsp3) is 0.182. The molecule has 44 heavy (non-hydrogen) atoms. The molecule has 224 valence electrons. The number of nitrogens with one attached hydrogen (secondary N) is 2. The zero-order valence-electron chi connectivity index (χ0n) is 24.3. The van der Waals surface area contributed by atoms with Crippen molar-refractivity contribution in [3.8, 4) is 16.9 Å². The number of hydrogen-bond donors (Lipinski definition) is 2. The molecule has 0 bridgehead atoms. The van der Waals surface area contributed by atoms with Crippen LogP contribution in [-0.2, 0) is 0 Å². The quantitative estimate of drug-likeness (QED) is 0.175. The van der Waals surface area contributed by atoms with Crippen molar-refractivity contribution in [2.45, 2.75) is 32.9 Å². The molecule has 0 spiro atoms. The Hall–Kier alpha value is -5.32. The Bertz CT molecular complexity index is 1970. The Morgan fingerprint density at radius 1 is 1.02 bits per heavy atom. The molecule has 0 aliphatic heterocycles. The molecule has 2 aromatic heterocycles. The molecule has 0 fully saturated rings. The van der Waals surface area contributed by atoms with Gasteiger partial charge in [-0.25, -0.2) is 23.1 Å². The maximum Gasteiger partial charge on any atom is 0.203 e. The monoisotopic (exact) mass is 599 g/mol. The van der Waals surface area contributed by atoms with E-state index in [1.807, 2.05) is 0 Å². The highest BCUT2D eigenvalue weighted by molar-refractivity contribution is 6.17. The fourth-order valence-corrected chi connectivity index (χ4v) is 4.83. The van der Waals surface area contributed by atoms with Crippen molar-refractivity contribution in [2.75, 3.05) is 12.4 Å². The maximum atomic E-state index is 14.9. The van der Waals surface area contributed by atoms with Crippen molar-refractivity contribution in [3.63, 3.8) is 0 Å². The van der Waals surface area contributed by atoms with Gasteiger partial charge in [0.1, 0.15) is 40.5 Å². The minimum Gasteiger partial charge on any atom is -0.488 e. The molecule has 2 heterocycles. The van der Waals surface area contributed by atoms with Crippen LogP contribution in [0.2, 0.25) is 0 Å². The number of benzene rings is 3. The normalized spacial score (nSPS) is 12.2. The van der Waals surface area contributed by atoms with Gasteiger partial charge in [-0.1, -0.05) is 18.2 Å². The van der Waals surface area contributed by atoms with E-state index in [0.29, 0.717) is 0 Å². The van der Waals surface area contributed by atoms with Gasteiger partial charge in [0.05, 0.1) is 34.7 Å². The first-order valence-corrected chi connectivity index (χ1v) is 13.7. The van der Waals surface area contributed by atoms with Crippen LogP contribution >= 0.6 is 0 Å². The standard InChI is InChI=1S/C33H28F3N5O3/c1-17(2)43-25-12-11-20(14-23(25)36)30(37)29-24(15-38-4)39-16-40-33(29)41-18(3)32-27(19-7-5-8-21(34)13-19)31(42)28-22(35)9-6-10-26(28)44-32/h5-18,37H,1-4H3,(H,39,40,41). The van der Waals surface area contributed by atoms with E-state index in [1.54, 1.807) is 26.8 Å². The number of halogens is 3. The lowest BCUT2D eigenvalue weighted by atomic mass is 9.98. The molecule has 3 aromatic carbocycles. The van der Waals surface area contributed by atoms with Crippen molar-refractivity contribution < 1.29 is 22.3 Å². The third-order valence-corrected chi connectivity index (χ3v) is 6.72. The first kappa shape index (κ1) is 30.1. The minimum absolute atomic E-state index is 0.00689. The summed E-state index contributed by atoms with van der Waals surface area (Å²) in [4.78, 5) is 26.3. The molecule has 11 heteroatoms. The Morgan fingerprint density at radius 3 is 2.50 bits per heavy atom. The van der Waals surface area contributed by atoms with Crippen molar-refractivity contribution in [3.05, 3.63) is 117 Å². The summed E-state index contributed by atoms with van der Waals surface area (Å²) in [7, 11) is 1.54. The summed E-state index contributed by atoms with van der Waals surface area (Å²) >= 11 is 0. The molecular weight excluding hydrogens is 571 g/mol. The minimum atomic E-state index is -0.819. The van der Waals surface area contributed by atoms with Crippen LogP contribution in [0.4, 0.5) is 19.0 Å². The number of rotatable bonds is 9. The number of aliphatic imine (C=N–C) groups is 1. The molecule has 5 rings (SSSR count). The van der Waals surface area contributed by atoms with Crippen LogP contribution in [0.3, 0.4) is 0 Å². The van der Waals surface area contributed by atoms with Gasteiger partial charge in [0.25, 0.3) is 0 Å². The lowest BCUT2D eigenvalue weighted by Gasteiger charge is -2.21. The lowest BCUT2D eigenvalue weighted by molar-refractivity contribution is 0.231. The Morgan fingerprint density at radius 2 is 1.80 bits per heavy atom. The average Bonchev–Trinajstić information content (AvgIpc) is 2.98. The second-order valence-electron chi connectivity index (χ2n) is 10.2. The topological polar surface area (TPSA) is 113 Å². The van der Waals surface area contributed by atoms with E-state index in [1.165, 1.54) is 62.1 Å². The predicted molar refractivity (Wildman–Crippen MR) is 164 cm³/mol. The van der Waals surface area contributed by atoms with E-state index in [-0.39, 0.29) is 68.1 Å². The van der Waals surface area contributed by atoms with Crippen molar-refractivity contribution in [1.82, 2.24) is 9.97 Å². The molecule has 1 unspecified atom stereocenters. The summed E-state index contributed by atoms with van der Waals surface area (Å²) in [6.07, 6.45) is 2.46. The molecule has 0 saturated heterocycles.